The Balaban J connectivity index is 2.37. The van der Waals surface area contributed by atoms with Crippen molar-refractivity contribution in [1.82, 2.24) is 10.2 Å². The van der Waals surface area contributed by atoms with Gasteiger partial charge in [-0.2, -0.15) is 0 Å². The molecule has 0 aliphatic rings. The predicted molar refractivity (Wildman–Crippen MR) is 137 cm³/mol. The van der Waals surface area contributed by atoms with Gasteiger partial charge in [0.25, 0.3) is 0 Å². The van der Waals surface area contributed by atoms with Crippen LogP contribution in [0.3, 0.4) is 0 Å². The summed E-state index contributed by atoms with van der Waals surface area (Å²) in [4.78, 5) is 28.0. The zero-order valence-corrected chi connectivity index (χ0v) is 21.8. The van der Waals surface area contributed by atoms with Crippen LogP contribution < -0.4 is 9.62 Å². The average Bonchev–Trinajstić information content (AvgIpc) is 2.78. The average molecular weight is 508 g/mol. The maximum absolute atomic E-state index is 13.6. The van der Waals surface area contributed by atoms with Gasteiger partial charge in [0.1, 0.15) is 12.6 Å². The molecule has 0 bridgehead atoms. The number of nitrogens with one attached hydrogen (secondary N) is 1. The van der Waals surface area contributed by atoms with Crippen LogP contribution in [0.15, 0.2) is 48.5 Å². The minimum Gasteiger partial charge on any atom is -0.354 e. The Kier molecular flexibility index (Phi) is 10.4. The molecule has 0 aliphatic heterocycles. The summed E-state index contributed by atoms with van der Waals surface area (Å²) in [7, 11) is -3.77. The number of amides is 2. The summed E-state index contributed by atoms with van der Waals surface area (Å²) in [5.74, 6) is -0.702. The quantitative estimate of drug-likeness (QED) is 0.437. The van der Waals surface area contributed by atoms with Gasteiger partial charge in [0.05, 0.1) is 11.9 Å². The largest absolute Gasteiger partial charge is 0.354 e. The zero-order chi connectivity index (χ0) is 25.3. The van der Waals surface area contributed by atoms with Crippen LogP contribution in [0.5, 0.6) is 0 Å². The van der Waals surface area contributed by atoms with Gasteiger partial charge in [0, 0.05) is 18.1 Å². The van der Waals surface area contributed by atoms with Crippen LogP contribution >= 0.6 is 11.6 Å². The fourth-order valence-electron chi connectivity index (χ4n) is 3.54. The van der Waals surface area contributed by atoms with Gasteiger partial charge in [-0.1, -0.05) is 61.7 Å². The highest BCUT2D eigenvalue weighted by atomic mass is 35.5. The third-order valence-corrected chi connectivity index (χ3v) is 6.88. The Hall–Kier alpha value is -2.58. The lowest BCUT2D eigenvalue weighted by Crippen LogP contribution is -2.52. The van der Waals surface area contributed by atoms with E-state index >= 15 is 0 Å². The third kappa shape index (κ3) is 8.02. The maximum atomic E-state index is 13.6. The van der Waals surface area contributed by atoms with Crippen molar-refractivity contribution >= 4 is 39.1 Å². The van der Waals surface area contributed by atoms with Crippen molar-refractivity contribution in [3.8, 4) is 0 Å². The highest BCUT2D eigenvalue weighted by molar-refractivity contribution is 7.92. The smallest absolute Gasteiger partial charge is 0.244 e. The summed E-state index contributed by atoms with van der Waals surface area (Å²) in [6, 6.07) is 13.2. The molecule has 0 heterocycles. The second-order valence-electron chi connectivity index (χ2n) is 8.32. The summed E-state index contributed by atoms with van der Waals surface area (Å²) in [5.41, 5.74) is 2.27. The molecule has 7 nitrogen and oxygen atoms in total. The van der Waals surface area contributed by atoms with Gasteiger partial charge in [-0.15, -0.1) is 0 Å². The summed E-state index contributed by atoms with van der Waals surface area (Å²) in [5, 5.41) is 3.36. The van der Waals surface area contributed by atoms with E-state index in [4.69, 9.17) is 11.6 Å². The lowest BCUT2D eigenvalue weighted by atomic mass is 10.1. The summed E-state index contributed by atoms with van der Waals surface area (Å²) < 4.78 is 26.2. The molecule has 1 N–H and O–H groups in total. The lowest BCUT2D eigenvalue weighted by molar-refractivity contribution is -0.140. The number of carbonyl (C=O) groups is 2. The predicted octanol–water partition coefficient (Wildman–Crippen LogP) is 4.14. The molecule has 0 saturated carbocycles. The first kappa shape index (κ1) is 27.7. The fraction of sp³-hybridized carbons (Fsp3) is 0.440. The Bertz CT molecular complexity index is 1060. The first-order valence-corrected chi connectivity index (χ1v) is 13.7. The molecule has 0 unspecified atom stereocenters. The molecule has 34 heavy (non-hydrogen) atoms. The molecule has 0 fully saturated rings. The number of sulfonamides is 1. The van der Waals surface area contributed by atoms with Gasteiger partial charge in [-0.25, -0.2) is 8.42 Å². The van der Waals surface area contributed by atoms with Gasteiger partial charge in [0.2, 0.25) is 21.8 Å². The first-order valence-electron chi connectivity index (χ1n) is 11.4. The third-order valence-electron chi connectivity index (χ3n) is 5.48. The van der Waals surface area contributed by atoms with E-state index in [-0.39, 0.29) is 12.5 Å². The normalized spacial score (nSPS) is 12.1. The highest BCUT2D eigenvalue weighted by Gasteiger charge is 2.31. The number of halogens is 1. The van der Waals surface area contributed by atoms with Crippen LogP contribution in [-0.4, -0.2) is 50.5 Å². The number of hydrogen-bond donors (Lipinski definition) is 1. The van der Waals surface area contributed by atoms with Crippen LogP contribution in [0.4, 0.5) is 5.69 Å². The van der Waals surface area contributed by atoms with Crippen molar-refractivity contribution in [3.05, 3.63) is 64.7 Å². The minimum absolute atomic E-state index is 0.192. The van der Waals surface area contributed by atoms with Gasteiger partial charge in [0.15, 0.2) is 0 Å². The lowest BCUT2D eigenvalue weighted by Gasteiger charge is -2.33. The van der Waals surface area contributed by atoms with Crippen molar-refractivity contribution < 1.29 is 18.0 Å². The summed E-state index contributed by atoms with van der Waals surface area (Å²) >= 11 is 5.95. The van der Waals surface area contributed by atoms with Crippen LogP contribution in [-0.2, 0) is 26.2 Å². The van der Waals surface area contributed by atoms with Crippen molar-refractivity contribution in [3.63, 3.8) is 0 Å². The summed E-state index contributed by atoms with van der Waals surface area (Å²) in [6.07, 6.45) is 3.23. The molecule has 186 valence electrons. The molecule has 2 amide bonds. The second kappa shape index (κ2) is 12.8. The van der Waals surface area contributed by atoms with Crippen molar-refractivity contribution in [1.29, 1.82) is 0 Å². The molecular weight excluding hydrogens is 474 g/mol. The number of anilines is 1. The van der Waals surface area contributed by atoms with Gasteiger partial charge in [-0.3, -0.25) is 13.9 Å². The number of aryl methyl sites for hydroxylation is 1. The number of nitrogens with zero attached hydrogens (tertiary/aromatic N) is 2. The Labute approximate surface area is 208 Å². The van der Waals surface area contributed by atoms with Gasteiger partial charge >= 0.3 is 0 Å². The van der Waals surface area contributed by atoms with Crippen molar-refractivity contribution in [2.45, 2.75) is 52.6 Å². The molecule has 0 radical (unpaired) electrons. The number of hydrogen-bond acceptors (Lipinski definition) is 4. The van der Waals surface area contributed by atoms with E-state index in [0.29, 0.717) is 23.7 Å². The monoisotopic (exact) mass is 507 g/mol. The summed E-state index contributed by atoms with van der Waals surface area (Å²) in [6.45, 7) is 6.14. The SMILES string of the molecule is CCCCNC(=O)[C@@H](CC)N(Cc1ccc(C)cc1)C(=O)CN(c1ccc(Cl)cc1)S(C)(=O)=O. The van der Waals surface area contributed by atoms with Gasteiger partial charge in [-0.05, 0) is 49.6 Å². The molecular formula is C25H34ClN3O4S. The molecule has 2 aromatic rings. The van der Waals surface area contributed by atoms with Crippen LogP contribution in [0.2, 0.25) is 5.02 Å². The van der Waals surface area contributed by atoms with Crippen LogP contribution in [0.25, 0.3) is 0 Å². The van der Waals surface area contributed by atoms with E-state index in [1.807, 2.05) is 45.0 Å². The number of unbranched alkanes of at least 4 members (excludes halogenated alkanes) is 1. The molecule has 0 spiro atoms. The minimum atomic E-state index is -3.77. The van der Waals surface area contributed by atoms with Crippen molar-refractivity contribution in [2.24, 2.45) is 0 Å². The van der Waals surface area contributed by atoms with E-state index in [1.54, 1.807) is 24.3 Å². The second-order valence-corrected chi connectivity index (χ2v) is 10.7. The standard InChI is InChI=1S/C25H34ClN3O4S/c1-5-7-16-27-25(31)23(6-2)28(17-20-10-8-19(3)9-11-20)24(30)18-29(34(4,32)33)22-14-12-21(26)13-15-22/h8-15,23H,5-7,16-18H2,1-4H3,(H,27,31)/t23-/m1/s1. The Morgan fingerprint density at radius 1 is 1.03 bits per heavy atom. The Morgan fingerprint density at radius 2 is 1.65 bits per heavy atom. The molecule has 2 aromatic carbocycles. The van der Waals surface area contributed by atoms with E-state index < -0.39 is 28.5 Å². The van der Waals surface area contributed by atoms with E-state index in [1.165, 1.54) is 4.90 Å². The first-order chi connectivity index (χ1) is 16.1. The molecule has 0 aliphatic carbocycles. The molecule has 0 saturated heterocycles. The van der Waals surface area contributed by atoms with Crippen molar-refractivity contribution in [2.75, 3.05) is 23.7 Å². The Morgan fingerprint density at radius 3 is 2.18 bits per heavy atom. The molecule has 2 rings (SSSR count). The molecule has 1 atom stereocenters. The molecule has 9 heteroatoms. The van der Waals surface area contributed by atoms with Crippen LogP contribution in [0.1, 0.15) is 44.2 Å². The van der Waals surface area contributed by atoms with Crippen LogP contribution in [0, 0.1) is 6.92 Å². The zero-order valence-electron chi connectivity index (χ0n) is 20.3. The maximum Gasteiger partial charge on any atom is 0.244 e. The van der Waals surface area contributed by atoms with E-state index in [2.05, 4.69) is 5.32 Å². The number of rotatable bonds is 12. The molecule has 0 aromatic heterocycles. The van der Waals surface area contributed by atoms with E-state index in [0.717, 1.165) is 34.5 Å². The number of carbonyl (C=O) groups excluding carboxylic acids is 2. The topological polar surface area (TPSA) is 86.8 Å². The van der Waals surface area contributed by atoms with E-state index in [9.17, 15) is 18.0 Å². The highest BCUT2D eigenvalue weighted by Crippen LogP contribution is 2.22. The fourth-order valence-corrected chi connectivity index (χ4v) is 4.51. The van der Waals surface area contributed by atoms with Gasteiger partial charge < -0.3 is 10.2 Å². The number of benzene rings is 2.